The molecule has 0 fully saturated rings. The normalized spacial score (nSPS) is 12.1. The number of sulfonamides is 1. The molecule has 0 saturated heterocycles. The summed E-state index contributed by atoms with van der Waals surface area (Å²) in [7, 11) is -2.44. The zero-order valence-corrected chi connectivity index (χ0v) is 9.30. The van der Waals surface area contributed by atoms with E-state index in [1.807, 2.05) is 4.89 Å². The SMILES string of the molecule is CONS(=O)(=O)c1cccc2snnc12. The lowest BCUT2D eigenvalue weighted by Gasteiger charge is -2.03. The van der Waals surface area contributed by atoms with E-state index in [4.69, 9.17) is 0 Å². The highest BCUT2D eigenvalue weighted by atomic mass is 32.2. The molecule has 0 aliphatic carbocycles. The van der Waals surface area contributed by atoms with Crippen molar-refractivity contribution in [3.8, 4) is 0 Å². The van der Waals surface area contributed by atoms with Crippen LogP contribution < -0.4 is 4.89 Å². The van der Waals surface area contributed by atoms with Crippen LogP contribution in [0.25, 0.3) is 10.2 Å². The van der Waals surface area contributed by atoms with Gasteiger partial charge in [0.15, 0.2) is 0 Å². The molecule has 0 atom stereocenters. The summed E-state index contributed by atoms with van der Waals surface area (Å²) in [5, 5.41) is 3.76. The molecular weight excluding hydrogens is 238 g/mol. The Kier molecular flexibility index (Phi) is 2.65. The summed E-state index contributed by atoms with van der Waals surface area (Å²) in [6, 6.07) is 4.84. The molecule has 6 nitrogen and oxygen atoms in total. The molecule has 0 spiro atoms. The minimum Gasteiger partial charge on any atom is -0.290 e. The molecule has 80 valence electrons. The Morgan fingerprint density at radius 3 is 3.00 bits per heavy atom. The van der Waals surface area contributed by atoms with Crippen molar-refractivity contribution >= 4 is 31.8 Å². The molecule has 0 aliphatic rings. The summed E-state index contributed by atoms with van der Waals surface area (Å²) in [6.07, 6.45) is 0. The van der Waals surface area contributed by atoms with Gasteiger partial charge in [-0.25, -0.2) is 8.42 Å². The first-order valence-corrected chi connectivity index (χ1v) is 6.16. The topological polar surface area (TPSA) is 81.2 Å². The molecule has 0 bridgehead atoms. The Hall–Kier alpha value is -1.09. The van der Waals surface area contributed by atoms with Gasteiger partial charge in [0, 0.05) is 0 Å². The van der Waals surface area contributed by atoms with E-state index in [1.54, 1.807) is 12.1 Å². The zero-order valence-electron chi connectivity index (χ0n) is 7.67. The van der Waals surface area contributed by atoms with E-state index < -0.39 is 10.0 Å². The van der Waals surface area contributed by atoms with Crippen molar-refractivity contribution in [3.63, 3.8) is 0 Å². The van der Waals surface area contributed by atoms with Gasteiger partial charge >= 0.3 is 0 Å². The zero-order chi connectivity index (χ0) is 10.9. The Bertz CT molecular complexity index is 578. The second kappa shape index (κ2) is 3.81. The summed E-state index contributed by atoms with van der Waals surface area (Å²) in [5.74, 6) is 0. The van der Waals surface area contributed by atoms with Crippen LogP contribution in [0.2, 0.25) is 0 Å². The van der Waals surface area contributed by atoms with Crippen molar-refractivity contribution in [3.05, 3.63) is 18.2 Å². The molecule has 0 aliphatic heterocycles. The Balaban J connectivity index is 2.66. The predicted octanol–water partition coefficient (Wildman–Crippen LogP) is 0.531. The number of rotatable bonds is 3. The van der Waals surface area contributed by atoms with Crippen molar-refractivity contribution in [2.75, 3.05) is 7.11 Å². The number of nitrogens with zero attached hydrogens (tertiary/aromatic N) is 2. The molecule has 0 unspecified atom stereocenters. The van der Waals surface area contributed by atoms with Gasteiger partial charge in [0.25, 0.3) is 10.0 Å². The Labute approximate surface area is 90.0 Å². The maximum atomic E-state index is 11.6. The maximum Gasteiger partial charge on any atom is 0.264 e. The lowest BCUT2D eigenvalue weighted by molar-refractivity contribution is 0.153. The first kappa shape index (κ1) is 10.4. The lowest BCUT2D eigenvalue weighted by atomic mass is 10.3. The molecule has 15 heavy (non-hydrogen) atoms. The van der Waals surface area contributed by atoms with Crippen LogP contribution in [0.5, 0.6) is 0 Å². The van der Waals surface area contributed by atoms with E-state index in [0.717, 1.165) is 11.5 Å². The standard InChI is InChI=1S/C7H7N3O3S2/c1-13-10-15(11,12)6-4-2-3-5-7(6)8-9-14-5/h2-4,10H,1H3. The number of hydrogen-bond acceptors (Lipinski definition) is 6. The lowest BCUT2D eigenvalue weighted by Crippen LogP contribution is -2.22. The molecule has 0 saturated carbocycles. The fourth-order valence-corrected chi connectivity index (χ4v) is 2.78. The minimum absolute atomic E-state index is 0.0654. The van der Waals surface area contributed by atoms with Crippen LogP contribution in [0.1, 0.15) is 0 Å². The number of aromatic nitrogens is 2. The monoisotopic (exact) mass is 245 g/mol. The summed E-state index contributed by atoms with van der Waals surface area (Å²) in [6.45, 7) is 0. The minimum atomic E-state index is -3.67. The maximum absolute atomic E-state index is 11.6. The molecule has 2 aromatic rings. The third-order valence-electron chi connectivity index (χ3n) is 1.72. The van der Waals surface area contributed by atoms with E-state index in [2.05, 4.69) is 14.4 Å². The molecule has 0 radical (unpaired) electrons. The van der Waals surface area contributed by atoms with Gasteiger partial charge in [-0.1, -0.05) is 15.4 Å². The van der Waals surface area contributed by atoms with Gasteiger partial charge in [0.05, 0.1) is 11.8 Å². The van der Waals surface area contributed by atoms with Gasteiger partial charge in [-0.2, -0.15) is 0 Å². The van der Waals surface area contributed by atoms with Crippen molar-refractivity contribution in [1.82, 2.24) is 14.5 Å². The fourth-order valence-electron chi connectivity index (χ4n) is 1.15. The van der Waals surface area contributed by atoms with Gasteiger partial charge in [0.2, 0.25) is 0 Å². The largest absolute Gasteiger partial charge is 0.290 e. The van der Waals surface area contributed by atoms with Gasteiger partial charge in [0.1, 0.15) is 10.4 Å². The highest BCUT2D eigenvalue weighted by Gasteiger charge is 2.18. The number of benzene rings is 1. The summed E-state index contributed by atoms with van der Waals surface area (Å²) in [5.41, 5.74) is 0.354. The van der Waals surface area contributed by atoms with Gasteiger partial charge in [-0.05, 0) is 23.7 Å². The van der Waals surface area contributed by atoms with E-state index in [-0.39, 0.29) is 4.90 Å². The average Bonchev–Trinajstić information content (AvgIpc) is 2.64. The molecular formula is C7H7N3O3S2. The summed E-state index contributed by atoms with van der Waals surface area (Å²) < 4.78 is 27.7. The Morgan fingerprint density at radius 2 is 2.27 bits per heavy atom. The molecule has 8 heteroatoms. The number of fused-ring (bicyclic) bond motifs is 1. The summed E-state index contributed by atoms with van der Waals surface area (Å²) >= 11 is 1.14. The number of nitrogens with one attached hydrogen (secondary N) is 1. The van der Waals surface area contributed by atoms with Crippen LogP contribution in [0.4, 0.5) is 0 Å². The highest BCUT2D eigenvalue weighted by molar-refractivity contribution is 7.89. The first-order chi connectivity index (χ1) is 7.15. The molecule has 1 heterocycles. The van der Waals surface area contributed by atoms with E-state index in [0.29, 0.717) is 10.2 Å². The van der Waals surface area contributed by atoms with Crippen molar-refractivity contribution < 1.29 is 13.3 Å². The third-order valence-corrected chi connectivity index (χ3v) is 3.71. The van der Waals surface area contributed by atoms with Crippen LogP contribution in [0.3, 0.4) is 0 Å². The second-order valence-electron chi connectivity index (χ2n) is 2.67. The molecule has 0 amide bonds. The summed E-state index contributed by atoms with van der Waals surface area (Å²) in [4.78, 5) is 6.40. The molecule has 1 N–H and O–H groups in total. The van der Waals surface area contributed by atoms with Gasteiger partial charge in [-0.15, -0.1) is 5.10 Å². The van der Waals surface area contributed by atoms with E-state index >= 15 is 0 Å². The second-order valence-corrected chi connectivity index (χ2v) is 5.07. The van der Waals surface area contributed by atoms with Crippen LogP contribution in [-0.2, 0) is 14.9 Å². The average molecular weight is 245 g/mol. The molecule has 1 aromatic heterocycles. The van der Waals surface area contributed by atoms with Gasteiger partial charge in [-0.3, -0.25) is 4.84 Å². The van der Waals surface area contributed by atoms with Crippen LogP contribution in [-0.4, -0.2) is 25.1 Å². The molecule has 1 aromatic carbocycles. The fraction of sp³-hybridized carbons (Fsp3) is 0.143. The first-order valence-electron chi connectivity index (χ1n) is 3.91. The van der Waals surface area contributed by atoms with Crippen LogP contribution in [0.15, 0.2) is 23.1 Å². The van der Waals surface area contributed by atoms with Crippen molar-refractivity contribution in [1.29, 1.82) is 0 Å². The van der Waals surface area contributed by atoms with Crippen LogP contribution in [0, 0.1) is 0 Å². The van der Waals surface area contributed by atoms with Crippen LogP contribution >= 0.6 is 11.5 Å². The van der Waals surface area contributed by atoms with E-state index in [1.165, 1.54) is 13.2 Å². The Morgan fingerprint density at radius 1 is 1.47 bits per heavy atom. The van der Waals surface area contributed by atoms with E-state index in [9.17, 15) is 8.42 Å². The predicted molar refractivity (Wildman–Crippen MR) is 54.7 cm³/mol. The third kappa shape index (κ3) is 1.84. The molecule has 2 rings (SSSR count). The van der Waals surface area contributed by atoms with Gasteiger partial charge < -0.3 is 0 Å². The smallest absolute Gasteiger partial charge is 0.264 e. The number of hydrogen-bond donors (Lipinski definition) is 1. The van der Waals surface area contributed by atoms with Crippen molar-refractivity contribution in [2.24, 2.45) is 0 Å². The van der Waals surface area contributed by atoms with Crippen molar-refractivity contribution in [2.45, 2.75) is 4.90 Å². The quantitative estimate of drug-likeness (QED) is 0.798. The highest BCUT2D eigenvalue weighted by Crippen LogP contribution is 2.22.